The molecule has 3 atom stereocenters. The van der Waals surface area contributed by atoms with Gasteiger partial charge in [0.15, 0.2) is 5.78 Å². The highest BCUT2D eigenvalue weighted by atomic mass is 16.2. The molecule has 0 radical (unpaired) electrons. The lowest BCUT2D eigenvalue weighted by Crippen LogP contribution is -2.54. The monoisotopic (exact) mass is 558 g/mol. The Labute approximate surface area is 247 Å². The Morgan fingerprint density at radius 1 is 1.00 bits per heavy atom. The summed E-state index contributed by atoms with van der Waals surface area (Å²) in [7, 11) is 1.74. The number of amides is 1. The normalized spacial score (nSPS) is 16.2. The zero-order valence-electron chi connectivity index (χ0n) is 25.3. The molecule has 2 aromatic rings. The first-order valence-electron chi connectivity index (χ1n) is 15.5. The van der Waals surface area contributed by atoms with Gasteiger partial charge >= 0.3 is 0 Å². The molecule has 0 aromatic heterocycles. The molecule has 0 heterocycles. The van der Waals surface area contributed by atoms with Crippen molar-refractivity contribution in [2.45, 2.75) is 83.7 Å². The number of Topliss-reactive ketones (excluding diaryl/α,β-unsaturated/α-hetero) is 1. The lowest BCUT2D eigenvalue weighted by Gasteiger charge is -2.32. The number of carbonyl (C=O) groups is 2. The number of hydrogen-bond acceptors (Lipinski definition) is 5. The predicted molar refractivity (Wildman–Crippen MR) is 170 cm³/mol. The van der Waals surface area contributed by atoms with Gasteiger partial charge in [-0.2, -0.15) is 0 Å². The molecule has 6 nitrogen and oxygen atoms in total. The van der Waals surface area contributed by atoms with Gasteiger partial charge in [-0.15, -0.1) is 0 Å². The Morgan fingerprint density at radius 3 is 2.29 bits per heavy atom. The van der Waals surface area contributed by atoms with Crippen molar-refractivity contribution in [3.63, 3.8) is 0 Å². The van der Waals surface area contributed by atoms with E-state index in [0.717, 1.165) is 57.1 Å². The Balaban J connectivity index is 1.71. The molecule has 1 aliphatic rings. The fourth-order valence-corrected chi connectivity index (χ4v) is 5.62. The molecule has 3 N–H and O–H groups in total. The largest absolute Gasteiger partial charge is 0.377 e. The molecule has 0 aliphatic heterocycles. The second kappa shape index (κ2) is 17.5. The van der Waals surface area contributed by atoms with E-state index >= 15 is 0 Å². The van der Waals surface area contributed by atoms with Gasteiger partial charge < -0.3 is 20.9 Å². The number of unbranched alkanes of at least 4 members (excludes halogenated alkanes) is 1. The van der Waals surface area contributed by atoms with Crippen molar-refractivity contribution in [1.82, 2.24) is 15.5 Å². The summed E-state index contributed by atoms with van der Waals surface area (Å²) < 4.78 is 0. The molecule has 1 amide bonds. The number of nitrogens with zero attached hydrogens (tertiary/aromatic N) is 1. The Morgan fingerprint density at radius 2 is 1.66 bits per heavy atom. The van der Waals surface area contributed by atoms with Crippen LogP contribution in [0, 0.1) is 17.2 Å². The van der Waals surface area contributed by atoms with Crippen LogP contribution in [0.4, 0.5) is 0 Å². The van der Waals surface area contributed by atoms with Gasteiger partial charge in [0.1, 0.15) is 0 Å². The van der Waals surface area contributed by atoms with Crippen molar-refractivity contribution in [1.29, 1.82) is 5.41 Å². The van der Waals surface area contributed by atoms with Crippen LogP contribution in [-0.4, -0.2) is 54.5 Å². The van der Waals surface area contributed by atoms with Crippen LogP contribution in [0.15, 0.2) is 66.9 Å². The maximum Gasteiger partial charge on any atom is 0.237 e. The second-order valence-electron chi connectivity index (χ2n) is 11.4. The van der Waals surface area contributed by atoms with E-state index in [4.69, 9.17) is 5.41 Å². The third-order valence-electron chi connectivity index (χ3n) is 8.43. The number of hydrogen-bond donors (Lipinski definition) is 3. The number of likely N-dealkylation sites (N-methyl/N-ethyl adjacent to an activating group) is 1. The molecule has 0 saturated heterocycles. The molecule has 2 aromatic carbocycles. The molecule has 0 bridgehead atoms. The van der Waals surface area contributed by atoms with E-state index in [1.54, 1.807) is 14.0 Å². The highest BCUT2D eigenvalue weighted by Crippen LogP contribution is 2.28. The van der Waals surface area contributed by atoms with E-state index in [0.29, 0.717) is 13.0 Å². The van der Waals surface area contributed by atoms with E-state index in [9.17, 15) is 9.59 Å². The van der Waals surface area contributed by atoms with Crippen LogP contribution in [0.1, 0.15) is 76.3 Å². The summed E-state index contributed by atoms with van der Waals surface area (Å²) in [5.41, 5.74) is 2.61. The van der Waals surface area contributed by atoms with Crippen LogP contribution in [0.25, 0.3) is 6.08 Å². The van der Waals surface area contributed by atoms with Crippen LogP contribution in [-0.2, 0) is 16.0 Å². The van der Waals surface area contributed by atoms with E-state index in [1.165, 1.54) is 12.0 Å². The standard InChI is InChI=1S/C35H50N4O2/c1-4-30(32(36)34(40)33(31-21-12-7-13-22-31)38-35(41)27(2)37-3)26-39(25-23-29-18-10-6-11-19-29)24-15-14-20-28-16-8-5-9-17-28/h5-6,8-11,16-19,23,25,27,30-31,33,36-37H,4,7,12-15,20-22,24,26H2,1-3H3,(H,38,41)/t27-,30?,33-/m0/s1. The molecule has 0 spiro atoms. The van der Waals surface area contributed by atoms with Gasteiger partial charge in [-0.25, -0.2) is 0 Å². The van der Waals surface area contributed by atoms with Crippen molar-refractivity contribution in [3.05, 3.63) is 78.0 Å². The van der Waals surface area contributed by atoms with Gasteiger partial charge in [0.05, 0.1) is 17.8 Å². The fraction of sp³-hybridized carbons (Fsp3) is 0.514. The van der Waals surface area contributed by atoms with Gasteiger partial charge in [0, 0.05) is 19.0 Å². The van der Waals surface area contributed by atoms with E-state index in [2.05, 4.69) is 71.1 Å². The van der Waals surface area contributed by atoms with Gasteiger partial charge in [-0.3, -0.25) is 9.59 Å². The number of ketones is 1. The van der Waals surface area contributed by atoms with E-state index in [-0.39, 0.29) is 35.3 Å². The molecule has 1 saturated carbocycles. The molecule has 1 aliphatic carbocycles. The van der Waals surface area contributed by atoms with Gasteiger partial charge in [-0.05, 0) is 81.8 Å². The highest BCUT2D eigenvalue weighted by molar-refractivity contribution is 6.41. The average molecular weight is 559 g/mol. The first-order valence-corrected chi connectivity index (χ1v) is 15.5. The Kier molecular flexibility index (Phi) is 13.8. The quantitative estimate of drug-likeness (QED) is 0.158. The second-order valence-corrected chi connectivity index (χ2v) is 11.4. The minimum Gasteiger partial charge on any atom is -0.377 e. The summed E-state index contributed by atoms with van der Waals surface area (Å²) in [5.74, 6) is -0.504. The zero-order chi connectivity index (χ0) is 29.5. The van der Waals surface area contributed by atoms with Gasteiger partial charge in [0.2, 0.25) is 5.91 Å². The van der Waals surface area contributed by atoms with Gasteiger partial charge in [-0.1, -0.05) is 86.8 Å². The third-order valence-corrected chi connectivity index (χ3v) is 8.43. The summed E-state index contributed by atoms with van der Waals surface area (Å²) in [6.07, 6.45) is 13.2. The molecule has 3 rings (SSSR count). The Hall–Kier alpha value is -3.25. The molecule has 6 heteroatoms. The van der Waals surface area contributed by atoms with Crippen LogP contribution in [0.3, 0.4) is 0 Å². The smallest absolute Gasteiger partial charge is 0.237 e. The van der Waals surface area contributed by atoms with Crippen LogP contribution >= 0.6 is 0 Å². The Bertz CT molecular complexity index is 1100. The first kappa shape index (κ1) is 32.3. The van der Waals surface area contributed by atoms with Gasteiger partial charge in [0.25, 0.3) is 0 Å². The SMILES string of the molecule is CCC(CN(C=Cc1ccccc1)CCCCc1ccccc1)C(=N)C(=O)[C@@H](NC(=O)[C@H](C)NC)C1CCCCC1. The highest BCUT2D eigenvalue weighted by Gasteiger charge is 2.35. The average Bonchev–Trinajstić information content (AvgIpc) is 3.03. The number of aryl methyl sites for hydroxylation is 1. The van der Waals surface area contributed by atoms with Crippen LogP contribution < -0.4 is 10.6 Å². The topological polar surface area (TPSA) is 85.3 Å². The number of rotatable bonds is 17. The fourth-order valence-electron chi connectivity index (χ4n) is 5.62. The summed E-state index contributed by atoms with van der Waals surface area (Å²) >= 11 is 0. The van der Waals surface area contributed by atoms with Crippen molar-refractivity contribution in [3.8, 4) is 0 Å². The lowest BCUT2D eigenvalue weighted by molar-refractivity contribution is -0.127. The van der Waals surface area contributed by atoms with Crippen molar-refractivity contribution in [2.24, 2.45) is 11.8 Å². The maximum absolute atomic E-state index is 13.9. The van der Waals surface area contributed by atoms with Crippen molar-refractivity contribution >= 4 is 23.5 Å². The predicted octanol–water partition coefficient (Wildman–Crippen LogP) is 6.27. The summed E-state index contributed by atoms with van der Waals surface area (Å²) in [5, 5.41) is 15.1. The molecule has 1 fully saturated rings. The first-order chi connectivity index (χ1) is 19.9. The summed E-state index contributed by atoms with van der Waals surface area (Å²) in [4.78, 5) is 29.0. The molecular formula is C35H50N4O2. The number of nitrogens with one attached hydrogen (secondary N) is 3. The summed E-state index contributed by atoms with van der Waals surface area (Å²) in [6.45, 7) is 5.31. The number of benzene rings is 2. The van der Waals surface area contributed by atoms with Crippen LogP contribution in [0.5, 0.6) is 0 Å². The minimum atomic E-state index is -0.626. The minimum absolute atomic E-state index is 0.0918. The summed E-state index contributed by atoms with van der Waals surface area (Å²) in [6, 6.07) is 19.8. The van der Waals surface area contributed by atoms with Crippen LogP contribution in [0.2, 0.25) is 0 Å². The third kappa shape index (κ3) is 10.6. The van der Waals surface area contributed by atoms with Crippen molar-refractivity contribution in [2.75, 3.05) is 20.1 Å². The van der Waals surface area contributed by atoms with E-state index < -0.39 is 6.04 Å². The van der Waals surface area contributed by atoms with Crippen molar-refractivity contribution < 1.29 is 9.59 Å². The van der Waals surface area contributed by atoms with E-state index in [1.807, 2.05) is 24.3 Å². The molecule has 1 unspecified atom stereocenters. The molecule has 222 valence electrons. The lowest BCUT2D eigenvalue weighted by atomic mass is 9.79. The maximum atomic E-state index is 13.9. The zero-order valence-corrected chi connectivity index (χ0v) is 25.3. The molecule has 41 heavy (non-hydrogen) atoms. The number of carbonyl (C=O) groups excluding carboxylic acids is 2. The molecular weight excluding hydrogens is 508 g/mol.